The Balaban J connectivity index is 2.67. The van der Waals surface area contributed by atoms with Crippen LogP contribution in [0.3, 0.4) is 0 Å². The number of methoxy groups -OCH3 is 2. The fourth-order valence-corrected chi connectivity index (χ4v) is 1.67. The monoisotopic (exact) mass is 292 g/mol. The van der Waals surface area contributed by atoms with Crippen LogP contribution < -0.4 is 14.9 Å². The second kappa shape index (κ2) is 5.53. The van der Waals surface area contributed by atoms with Crippen LogP contribution in [0.25, 0.3) is 5.69 Å². The van der Waals surface area contributed by atoms with Crippen molar-refractivity contribution in [2.24, 2.45) is 0 Å². The lowest BCUT2D eigenvalue weighted by atomic mass is 10.2. The van der Waals surface area contributed by atoms with Crippen molar-refractivity contribution in [3.63, 3.8) is 0 Å². The number of aromatic carboxylic acids is 1. The fourth-order valence-electron chi connectivity index (χ4n) is 1.67. The minimum absolute atomic E-state index is 0.365. The largest absolute Gasteiger partial charge is 0.503 e. The molecule has 2 rings (SSSR count). The summed E-state index contributed by atoms with van der Waals surface area (Å²) in [6.45, 7) is 0. The molecule has 0 unspecified atom stereocenters. The summed E-state index contributed by atoms with van der Waals surface area (Å²) < 4.78 is 11.2. The van der Waals surface area contributed by atoms with Gasteiger partial charge in [-0.25, -0.2) is 9.48 Å². The van der Waals surface area contributed by atoms with Crippen LogP contribution in [-0.2, 0) is 0 Å². The van der Waals surface area contributed by atoms with E-state index in [9.17, 15) is 14.7 Å². The maximum atomic E-state index is 11.5. The number of rotatable bonds is 4. The summed E-state index contributed by atoms with van der Waals surface area (Å²) in [5, 5.41) is 22.2. The lowest BCUT2D eigenvalue weighted by Crippen LogP contribution is -2.21. The predicted molar refractivity (Wildman–Crippen MR) is 71.6 cm³/mol. The van der Waals surface area contributed by atoms with Crippen LogP contribution >= 0.6 is 0 Å². The Bertz CT molecular complexity index is 731. The third kappa shape index (κ3) is 2.78. The average Bonchev–Trinajstić information content (AvgIpc) is 2.48. The normalized spacial score (nSPS) is 10.2. The molecule has 2 aromatic rings. The summed E-state index contributed by atoms with van der Waals surface area (Å²) >= 11 is 0. The Kier molecular flexibility index (Phi) is 3.79. The molecule has 0 spiro atoms. The first-order chi connectivity index (χ1) is 9.96. The number of hydrogen-bond donors (Lipinski definition) is 2. The molecule has 8 heteroatoms. The van der Waals surface area contributed by atoms with Crippen molar-refractivity contribution >= 4 is 5.97 Å². The van der Waals surface area contributed by atoms with E-state index in [2.05, 4.69) is 5.10 Å². The summed E-state index contributed by atoms with van der Waals surface area (Å²) in [4.78, 5) is 22.5. The Morgan fingerprint density at radius 2 is 1.76 bits per heavy atom. The number of aromatic hydroxyl groups is 1. The first kappa shape index (κ1) is 14.4. The molecule has 0 aliphatic rings. The van der Waals surface area contributed by atoms with Crippen LogP contribution in [0, 0.1) is 0 Å². The first-order valence-corrected chi connectivity index (χ1v) is 5.76. The van der Waals surface area contributed by atoms with E-state index in [1.165, 1.54) is 14.2 Å². The van der Waals surface area contributed by atoms with E-state index in [1.807, 2.05) is 0 Å². The Morgan fingerprint density at radius 3 is 2.24 bits per heavy atom. The first-order valence-electron chi connectivity index (χ1n) is 5.76. The third-order valence-electron chi connectivity index (χ3n) is 2.70. The minimum atomic E-state index is -1.53. The molecule has 2 N–H and O–H groups in total. The van der Waals surface area contributed by atoms with Gasteiger partial charge in [0.2, 0.25) is 5.69 Å². The maximum absolute atomic E-state index is 11.5. The fraction of sp³-hybridized carbons (Fsp3) is 0.154. The summed E-state index contributed by atoms with van der Waals surface area (Å²) in [5.74, 6) is -1.36. The second-order valence-corrected chi connectivity index (χ2v) is 4.01. The molecule has 0 atom stereocenters. The molecule has 0 saturated heterocycles. The molecule has 1 aromatic heterocycles. The van der Waals surface area contributed by atoms with Gasteiger partial charge in [-0.05, 0) is 0 Å². The van der Waals surface area contributed by atoms with Crippen molar-refractivity contribution in [1.29, 1.82) is 0 Å². The molecule has 110 valence electrons. The van der Waals surface area contributed by atoms with E-state index >= 15 is 0 Å². The Hall–Kier alpha value is -3.03. The number of carbonyl (C=O) groups is 1. The molecule has 21 heavy (non-hydrogen) atoms. The van der Waals surface area contributed by atoms with Crippen molar-refractivity contribution in [2.45, 2.75) is 0 Å². The number of benzene rings is 1. The SMILES string of the molecule is COc1cc(OC)cc(-n2cc(O)c(=O)c(C(=O)O)n2)c1. The molecule has 1 heterocycles. The van der Waals surface area contributed by atoms with Crippen LogP contribution in [0.1, 0.15) is 10.5 Å². The topological polar surface area (TPSA) is 111 Å². The molecular weight excluding hydrogens is 280 g/mol. The highest BCUT2D eigenvalue weighted by atomic mass is 16.5. The van der Waals surface area contributed by atoms with Gasteiger partial charge < -0.3 is 19.7 Å². The van der Waals surface area contributed by atoms with Gasteiger partial charge >= 0.3 is 5.97 Å². The lowest BCUT2D eigenvalue weighted by Gasteiger charge is -2.11. The molecule has 0 fully saturated rings. The van der Waals surface area contributed by atoms with Crippen LogP contribution in [0.4, 0.5) is 0 Å². The second-order valence-electron chi connectivity index (χ2n) is 4.01. The molecule has 8 nitrogen and oxygen atoms in total. The number of aromatic nitrogens is 2. The van der Waals surface area contributed by atoms with Crippen LogP contribution in [-0.4, -0.2) is 40.2 Å². The van der Waals surface area contributed by atoms with E-state index in [0.717, 1.165) is 10.9 Å². The van der Waals surface area contributed by atoms with E-state index < -0.39 is 22.8 Å². The van der Waals surface area contributed by atoms with Gasteiger partial charge in [-0.15, -0.1) is 0 Å². The quantitative estimate of drug-likeness (QED) is 0.851. The summed E-state index contributed by atoms with van der Waals surface area (Å²) in [6.07, 6.45) is 1.02. The van der Waals surface area contributed by atoms with Crippen molar-refractivity contribution in [3.8, 4) is 22.9 Å². The molecule has 0 aliphatic heterocycles. The van der Waals surface area contributed by atoms with E-state index in [0.29, 0.717) is 17.2 Å². The highest BCUT2D eigenvalue weighted by Gasteiger charge is 2.16. The Labute approximate surface area is 118 Å². The smallest absolute Gasteiger partial charge is 0.360 e. The number of carboxylic acids is 1. The molecule has 1 aromatic carbocycles. The van der Waals surface area contributed by atoms with Gasteiger partial charge in [0.05, 0.1) is 26.1 Å². The van der Waals surface area contributed by atoms with Crippen LogP contribution in [0.15, 0.2) is 29.2 Å². The zero-order chi connectivity index (χ0) is 15.6. The standard InChI is InChI=1S/C13H12N2O6/c1-20-8-3-7(4-9(5-8)21-2)15-6-10(16)12(17)11(14-15)13(18)19/h3-6,16H,1-2H3,(H,18,19). The Morgan fingerprint density at radius 1 is 1.19 bits per heavy atom. The molecular formula is C13H12N2O6. The zero-order valence-corrected chi connectivity index (χ0v) is 11.2. The highest BCUT2D eigenvalue weighted by Crippen LogP contribution is 2.24. The highest BCUT2D eigenvalue weighted by molar-refractivity contribution is 5.85. The lowest BCUT2D eigenvalue weighted by molar-refractivity contribution is 0.0686. The molecule has 0 amide bonds. The third-order valence-corrected chi connectivity index (χ3v) is 2.70. The van der Waals surface area contributed by atoms with Gasteiger partial charge in [-0.1, -0.05) is 0 Å². The number of nitrogens with zero attached hydrogens (tertiary/aromatic N) is 2. The van der Waals surface area contributed by atoms with E-state index in [4.69, 9.17) is 14.6 Å². The number of ether oxygens (including phenoxy) is 2. The van der Waals surface area contributed by atoms with E-state index in [-0.39, 0.29) is 0 Å². The molecule has 0 radical (unpaired) electrons. The zero-order valence-electron chi connectivity index (χ0n) is 11.2. The van der Waals surface area contributed by atoms with Gasteiger partial charge in [0, 0.05) is 18.2 Å². The number of hydrogen-bond acceptors (Lipinski definition) is 6. The minimum Gasteiger partial charge on any atom is -0.503 e. The summed E-state index contributed by atoms with van der Waals surface area (Å²) in [7, 11) is 2.91. The summed E-state index contributed by atoms with van der Waals surface area (Å²) in [6, 6.07) is 4.71. The molecule has 0 saturated carbocycles. The van der Waals surface area contributed by atoms with Crippen molar-refractivity contribution < 1.29 is 24.5 Å². The molecule has 0 aliphatic carbocycles. The maximum Gasteiger partial charge on any atom is 0.360 e. The number of carboxylic acid groups (broad SMARTS) is 1. The van der Waals surface area contributed by atoms with Crippen molar-refractivity contribution in [2.75, 3.05) is 14.2 Å². The summed E-state index contributed by atoms with van der Waals surface area (Å²) in [5.41, 5.74) is -1.46. The van der Waals surface area contributed by atoms with Crippen LogP contribution in [0.5, 0.6) is 17.2 Å². The average molecular weight is 292 g/mol. The van der Waals surface area contributed by atoms with Crippen molar-refractivity contribution in [3.05, 3.63) is 40.3 Å². The van der Waals surface area contributed by atoms with Gasteiger partial charge in [0.15, 0.2) is 5.75 Å². The van der Waals surface area contributed by atoms with Gasteiger partial charge in [0.25, 0.3) is 5.43 Å². The van der Waals surface area contributed by atoms with Gasteiger partial charge in [-0.3, -0.25) is 4.79 Å². The van der Waals surface area contributed by atoms with Crippen LogP contribution in [0.2, 0.25) is 0 Å². The van der Waals surface area contributed by atoms with Crippen molar-refractivity contribution in [1.82, 2.24) is 9.78 Å². The van der Waals surface area contributed by atoms with Gasteiger partial charge in [-0.2, -0.15) is 5.10 Å². The predicted octanol–water partition coefficient (Wildman–Crippen LogP) is 0.653. The van der Waals surface area contributed by atoms with Gasteiger partial charge in [0.1, 0.15) is 11.5 Å². The van der Waals surface area contributed by atoms with E-state index in [1.54, 1.807) is 18.2 Å². The molecule has 0 bridgehead atoms.